The van der Waals surface area contributed by atoms with Gasteiger partial charge < -0.3 is 4.74 Å². The summed E-state index contributed by atoms with van der Waals surface area (Å²) in [5, 5.41) is 0. The maximum atomic E-state index is 11.8. The summed E-state index contributed by atoms with van der Waals surface area (Å²) in [7, 11) is 0. The van der Waals surface area contributed by atoms with Crippen LogP contribution in [0.4, 0.5) is 0 Å². The van der Waals surface area contributed by atoms with Crippen LogP contribution in [0, 0.1) is 5.92 Å². The highest BCUT2D eigenvalue weighted by molar-refractivity contribution is 5.69. The summed E-state index contributed by atoms with van der Waals surface area (Å²) >= 11 is 0. The Kier molecular flexibility index (Phi) is 27.3. The van der Waals surface area contributed by atoms with Gasteiger partial charge in [0.05, 0.1) is 6.61 Å². The van der Waals surface area contributed by atoms with Crippen LogP contribution in [0.2, 0.25) is 0 Å². The van der Waals surface area contributed by atoms with E-state index in [2.05, 4.69) is 20.8 Å². The molecule has 0 aliphatic rings. The fraction of sp³-hybridized carbons (Fsp3) is 0.968. The summed E-state index contributed by atoms with van der Waals surface area (Å²) in [6, 6.07) is 0. The molecule has 0 rings (SSSR count). The topological polar surface area (TPSA) is 26.3 Å². The maximum absolute atomic E-state index is 11.8. The van der Waals surface area contributed by atoms with Crippen LogP contribution in [0.5, 0.6) is 0 Å². The highest BCUT2D eigenvalue weighted by Gasteiger charge is 2.03. The number of carbonyl (C=O) groups excluding carboxylic acids is 1. The second kappa shape index (κ2) is 27.7. The fourth-order valence-corrected chi connectivity index (χ4v) is 4.61. The van der Waals surface area contributed by atoms with Crippen molar-refractivity contribution in [2.45, 2.75) is 181 Å². The minimum Gasteiger partial charge on any atom is -0.466 e. The first-order valence-electron chi connectivity index (χ1n) is 15.3. The molecule has 33 heavy (non-hydrogen) atoms. The van der Waals surface area contributed by atoms with E-state index >= 15 is 0 Å². The monoisotopic (exact) mass is 466 g/mol. The molecule has 0 amide bonds. The summed E-state index contributed by atoms with van der Waals surface area (Å²) in [6.45, 7) is 7.48. The van der Waals surface area contributed by atoms with E-state index in [9.17, 15) is 4.79 Å². The van der Waals surface area contributed by atoms with Crippen LogP contribution in [0.15, 0.2) is 0 Å². The fourth-order valence-electron chi connectivity index (χ4n) is 4.61. The van der Waals surface area contributed by atoms with Gasteiger partial charge in [-0.05, 0) is 18.8 Å². The Labute approximate surface area is 209 Å². The van der Waals surface area contributed by atoms with Crippen LogP contribution >= 0.6 is 0 Å². The van der Waals surface area contributed by atoms with Gasteiger partial charge in [0.1, 0.15) is 0 Å². The molecule has 0 aromatic heterocycles. The molecule has 198 valence electrons. The summed E-state index contributed by atoms with van der Waals surface area (Å²) in [6.07, 6.45) is 33.0. The summed E-state index contributed by atoms with van der Waals surface area (Å²) < 4.78 is 5.37. The predicted molar refractivity (Wildman–Crippen MR) is 147 cm³/mol. The van der Waals surface area contributed by atoms with Crippen molar-refractivity contribution in [3.05, 3.63) is 0 Å². The molecule has 2 nitrogen and oxygen atoms in total. The van der Waals surface area contributed by atoms with Crippen molar-refractivity contribution in [1.82, 2.24) is 0 Å². The Bertz CT molecular complexity index is 377. The Morgan fingerprint density at radius 1 is 0.515 bits per heavy atom. The minimum absolute atomic E-state index is 0.0177. The molecule has 0 atom stereocenters. The van der Waals surface area contributed by atoms with Gasteiger partial charge in [-0.1, -0.05) is 162 Å². The van der Waals surface area contributed by atoms with Gasteiger partial charge in [-0.2, -0.15) is 0 Å². The smallest absolute Gasteiger partial charge is 0.305 e. The Balaban J connectivity index is 3.12. The average molecular weight is 467 g/mol. The van der Waals surface area contributed by atoms with Crippen molar-refractivity contribution in [2.24, 2.45) is 5.92 Å². The number of esters is 1. The van der Waals surface area contributed by atoms with Crippen molar-refractivity contribution >= 4 is 5.97 Å². The molecule has 2 heteroatoms. The van der Waals surface area contributed by atoms with Crippen molar-refractivity contribution in [2.75, 3.05) is 6.61 Å². The second-order valence-electron chi connectivity index (χ2n) is 10.9. The lowest BCUT2D eigenvalue weighted by atomic mass is 10.0. The molecule has 0 saturated carbocycles. The van der Waals surface area contributed by atoms with E-state index in [-0.39, 0.29) is 5.97 Å². The Morgan fingerprint density at radius 2 is 0.879 bits per heavy atom. The van der Waals surface area contributed by atoms with E-state index in [1.165, 1.54) is 141 Å². The van der Waals surface area contributed by atoms with Gasteiger partial charge in [0, 0.05) is 6.42 Å². The first-order chi connectivity index (χ1) is 16.2. The summed E-state index contributed by atoms with van der Waals surface area (Å²) in [4.78, 5) is 11.8. The minimum atomic E-state index is 0.0177. The van der Waals surface area contributed by atoms with Crippen molar-refractivity contribution in [1.29, 1.82) is 0 Å². The molecule has 0 N–H and O–H groups in total. The summed E-state index contributed by atoms with van der Waals surface area (Å²) in [5.74, 6) is 0.825. The van der Waals surface area contributed by atoms with Crippen molar-refractivity contribution in [3.63, 3.8) is 0 Å². The predicted octanol–water partition coefficient (Wildman–Crippen LogP) is 11.0. The first-order valence-corrected chi connectivity index (χ1v) is 15.3. The lowest BCUT2D eigenvalue weighted by Crippen LogP contribution is -2.05. The molecule has 0 saturated heterocycles. The van der Waals surface area contributed by atoms with Gasteiger partial charge in [-0.15, -0.1) is 0 Å². The van der Waals surface area contributed by atoms with Gasteiger partial charge in [0.15, 0.2) is 0 Å². The number of ether oxygens (including phenoxy) is 1. The molecule has 0 spiro atoms. The number of unbranched alkanes of at least 4 members (excludes halogenated alkanes) is 21. The Hall–Kier alpha value is -0.530. The Morgan fingerprint density at radius 3 is 1.30 bits per heavy atom. The largest absolute Gasteiger partial charge is 0.466 e. The van der Waals surface area contributed by atoms with E-state index in [4.69, 9.17) is 4.74 Å². The summed E-state index contributed by atoms with van der Waals surface area (Å²) in [5.41, 5.74) is 0. The third-order valence-corrected chi connectivity index (χ3v) is 6.92. The molecular weight excluding hydrogens is 404 g/mol. The van der Waals surface area contributed by atoms with Crippen molar-refractivity contribution in [3.8, 4) is 0 Å². The highest BCUT2D eigenvalue weighted by Crippen LogP contribution is 2.15. The maximum Gasteiger partial charge on any atom is 0.305 e. The lowest BCUT2D eigenvalue weighted by Gasteiger charge is -2.06. The quantitative estimate of drug-likeness (QED) is 0.0888. The van der Waals surface area contributed by atoms with Crippen LogP contribution < -0.4 is 0 Å². The zero-order valence-corrected chi connectivity index (χ0v) is 23.3. The van der Waals surface area contributed by atoms with Gasteiger partial charge >= 0.3 is 5.97 Å². The molecule has 0 aromatic carbocycles. The van der Waals surface area contributed by atoms with Gasteiger partial charge in [-0.3, -0.25) is 4.79 Å². The number of hydrogen-bond donors (Lipinski definition) is 0. The van der Waals surface area contributed by atoms with E-state index in [0.717, 1.165) is 18.8 Å². The SMILES string of the molecule is CCCCCCCCCCCCCCCCCCCCCC(=O)OCCCCCCC(C)C. The second-order valence-corrected chi connectivity index (χ2v) is 10.9. The highest BCUT2D eigenvalue weighted by atomic mass is 16.5. The lowest BCUT2D eigenvalue weighted by molar-refractivity contribution is -0.143. The van der Waals surface area contributed by atoms with Crippen LogP contribution in [0.3, 0.4) is 0 Å². The van der Waals surface area contributed by atoms with Crippen LogP contribution in [-0.4, -0.2) is 12.6 Å². The number of rotatable bonds is 27. The molecule has 0 heterocycles. The third kappa shape index (κ3) is 29.4. The molecular formula is C31H62O2. The van der Waals surface area contributed by atoms with Gasteiger partial charge in [0.25, 0.3) is 0 Å². The van der Waals surface area contributed by atoms with Crippen LogP contribution in [0.25, 0.3) is 0 Å². The van der Waals surface area contributed by atoms with Crippen LogP contribution in [0.1, 0.15) is 181 Å². The van der Waals surface area contributed by atoms with E-state index in [0.29, 0.717) is 13.0 Å². The van der Waals surface area contributed by atoms with Crippen LogP contribution in [-0.2, 0) is 9.53 Å². The zero-order chi connectivity index (χ0) is 24.2. The average Bonchev–Trinajstić information content (AvgIpc) is 2.79. The molecule has 0 radical (unpaired) electrons. The normalized spacial score (nSPS) is 11.4. The molecule has 0 aromatic rings. The number of carbonyl (C=O) groups is 1. The molecule has 0 aliphatic heterocycles. The third-order valence-electron chi connectivity index (χ3n) is 6.92. The molecule has 0 aliphatic carbocycles. The standard InChI is InChI=1S/C31H62O2/c1-4-5-6-7-8-9-10-11-12-13-14-15-16-17-18-19-20-21-25-28-31(32)33-29-26-23-22-24-27-30(2)3/h30H,4-29H2,1-3H3. The molecule has 0 bridgehead atoms. The van der Waals surface area contributed by atoms with E-state index < -0.39 is 0 Å². The van der Waals surface area contributed by atoms with Crippen molar-refractivity contribution < 1.29 is 9.53 Å². The van der Waals surface area contributed by atoms with Gasteiger partial charge in [0.2, 0.25) is 0 Å². The number of hydrogen-bond acceptors (Lipinski definition) is 2. The molecule has 0 unspecified atom stereocenters. The first kappa shape index (κ1) is 32.5. The van der Waals surface area contributed by atoms with E-state index in [1.807, 2.05) is 0 Å². The van der Waals surface area contributed by atoms with E-state index in [1.54, 1.807) is 0 Å². The molecule has 0 fully saturated rings. The zero-order valence-electron chi connectivity index (χ0n) is 23.3. The van der Waals surface area contributed by atoms with Gasteiger partial charge in [-0.25, -0.2) is 0 Å².